The van der Waals surface area contributed by atoms with Gasteiger partial charge in [0, 0.05) is 11.4 Å². The highest BCUT2D eigenvalue weighted by atomic mass is 32.1. The standard InChI is InChI=1S/C15H14N6O3S/c16-14(17)20-15-19-11(8-25-15)12-4-3-10(24-12)6-18-13(22)9-2-1-5-21(23)7-9/h1-5,7-8H,6H2,(H,18,22)(H4,16,17,19,20). The molecule has 5 N–H and O–H groups in total. The molecule has 128 valence electrons. The van der Waals surface area contributed by atoms with Crippen LogP contribution in [0.2, 0.25) is 0 Å². The molecule has 10 heteroatoms. The summed E-state index contributed by atoms with van der Waals surface area (Å²) in [4.78, 5) is 20.1. The molecule has 0 saturated carbocycles. The Hall–Kier alpha value is -3.40. The van der Waals surface area contributed by atoms with Crippen molar-refractivity contribution in [1.82, 2.24) is 10.3 Å². The Morgan fingerprint density at radius 1 is 1.40 bits per heavy atom. The maximum atomic E-state index is 12.0. The van der Waals surface area contributed by atoms with Crippen LogP contribution >= 0.6 is 11.3 Å². The second-order valence-electron chi connectivity index (χ2n) is 4.95. The first-order chi connectivity index (χ1) is 12.0. The number of amides is 1. The largest absolute Gasteiger partial charge is 0.619 e. The van der Waals surface area contributed by atoms with Crippen molar-refractivity contribution in [2.24, 2.45) is 16.5 Å². The highest BCUT2D eigenvalue weighted by Gasteiger charge is 2.12. The molecule has 0 aliphatic rings. The summed E-state index contributed by atoms with van der Waals surface area (Å²) < 4.78 is 6.22. The smallest absolute Gasteiger partial charge is 0.257 e. The molecule has 3 aromatic rings. The quantitative estimate of drug-likeness (QED) is 0.267. The van der Waals surface area contributed by atoms with Gasteiger partial charge in [-0.15, -0.1) is 11.3 Å². The van der Waals surface area contributed by atoms with Crippen molar-refractivity contribution in [2.75, 3.05) is 0 Å². The van der Waals surface area contributed by atoms with Crippen LogP contribution in [0, 0.1) is 5.21 Å². The average Bonchev–Trinajstić information content (AvgIpc) is 3.21. The van der Waals surface area contributed by atoms with Gasteiger partial charge in [-0.1, -0.05) is 0 Å². The van der Waals surface area contributed by atoms with Crippen molar-refractivity contribution in [3.05, 3.63) is 58.6 Å². The molecule has 0 radical (unpaired) electrons. The zero-order chi connectivity index (χ0) is 17.8. The lowest BCUT2D eigenvalue weighted by molar-refractivity contribution is -0.605. The normalized spacial score (nSPS) is 10.4. The highest BCUT2D eigenvalue weighted by molar-refractivity contribution is 7.13. The first-order valence-electron chi connectivity index (χ1n) is 7.12. The number of nitrogens with one attached hydrogen (secondary N) is 1. The lowest BCUT2D eigenvalue weighted by atomic mass is 10.2. The van der Waals surface area contributed by atoms with Gasteiger partial charge in [0.05, 0.1) is 6.54 Å². The molecule has 0 atom stereocenters. The van der Waals surface area contributed by atoms with Crippen molar-refractivity contribution >= 4 is 28.3 Å². The van der Waals surface area contributed by atoms with Crippen LogP contribution in [-0.4, -0.2) is 16.9 Å². The van der Waals surface area contributed by atoms with E-state index >= 15 is 0 Å². The zero-order valence-corrected chi connectivity index (χ0v) is 13.7. The fraction of sp³-hybridized carbons (Fsp3) is 0.0667. The number of furan rings is 1. The van der Waals surface area contributed by atoms with Gasteiger partial charge in [0.2, 0.25) is 5.13 Å². The minimum absolute atomic E-state index is 0.0657. The van der Waals surface area contributed by atoms with Gasteiger partial charge in [-0.2, -0.15) is 9.72 Å². The molecule has 0 bridgehead atoms. The second-order valence-corrected chi connectivity index (χ2v) is 5.79. The van der Waals surface area contributed by atoms with E-state index in [2.05, 4.69) is 15.3 Å². The Labute approximate surface area is 146 Å². The Morgan fingerprint density at radius 3 is 3.00 bits per heavy atom. The number of pyridine rings is 1. The number of guanidine groups is 1. The summed E-state index contributed by atoms with van der Waals surface area (Å²) in [5, 5.41) is 16.1. The van der Waals surface area contributed by atoms with Crippen molar-refractivity contribution in [1.29, 1.82) is 0 Å². The first kappa shape index (κ1) is 16.5. The summed E-state index contributed by atoms with van der Waals surface area (Å²) >= 11 is 1.28. The Kier molecular flexibility index (Phi) is 4.61. The number of nitrogens with two attached hydrogens (primary N) is 2. The van der Waals surface area contributed by atoms with Crippen molar-refractivity contribution < 1.29 is 13.9 Å². The number of thiazole rings is 1. The van der Waals surface area contributed by atoms with Crippen LogP contribution in [0.3, 0.4) is 0 Å². The minimum Gasteiger partial charge on any atom is -0.619 e. The molecule has 3 rings (SSSR count). The number of carbonyl (C=O) groups excluding carboxylic acids is 1. The van der Waals surface area contributed by atoms with Crippen molar-refractivity contribution in [3.63, 3.8) is 0 Å². The molecule has 3 heterocycles. The predicted octanol–water partition coefficient (Wildman–Crippen LogP) is 0.871. The summed E-state index contributed by atoms with van der Waals surface area (Å²) in [6.07, 6.45) is 2.50. The molecule has 0 unspecified atom stereocenters. The monoisotopic (exact) mass is 358 g/mol. The topological polar surface area (TPSA) is 146 Å². The Morgan fingerprint density at radius 2 is 2.24 bits per heavy atom. The summed E-state index contributed by atoms with van der Waals surface area (Å²) in [5.74, 6) is 0.649. The molecule has 9 nitrogen and oxygen atoms in total. The van der Waals surface area contributed by atoms with Gasteiger partial charge in [0.25, 0.3) is 5.91 Å². The van der Waals surface area contributed by atoms with Gasteiger partial charge in [0.15, 0.2) is 24.1 Å². The second kappa shape index (κ2) is 7.01. The maximum absolute atomic E-state index is 12.0. The predicted molar refractivity (Wildman–Crippen MR) is 91.9 cm³/mol. The molecule has 0 aliphatic carbocycles. The molecule has 0 aliphatic heterocycles. The van der Waals surface area contributed by atoms with Crippen LogP contribution in [0.15, 0.2) is 51.4 Å². The van der Waals surface area contributed by atoms with Crippen LogP contribution in [0.1, 0.15) is 16.1 Å². The third-order valence-electron chi connectivity index (χ3n) is 3.09. The number of hydrogen-bond acceptors (Lipinski definition) is 6. The molecular weight excluding hydrogens is 344 g/mol. The molecule has 1 amide bonds. The molecular formula is C15H14N6O3S. The zero-order valence-electron chi connectivity index (χ0n) is 12.9. The third-order valence-corrected chi connectivity index (χ3v) is 3.83. The van der Waals surface area contributed by atoms with E-state index < -0.39 is 0 Å². The summed E-state index contributed by atoms with van der Waals surface area (Å²) in [6, 6.07) is 6.53. The number of carbonyl (C=O) groups is 1. The molecule has 0 saturated heterocycles. The van der Waals surface area contributed by atoms with Crippen LogP contribution in [-0.2, 0) is 6.54 Å². The number of aromatic nitrogens is 2. The van der Waals surface area contributed by atoms with E-state index in [9.17, 15) is 10.0 Å². The van der Waals surface area contributed by atoms with Gasteiger partial charge in [-0.25, -0.2) is 4.98 Å². The van der Waals surface area contributed by atoms with Crippen LogP contribution in [0.25, 0.3) is 11.5 Å². The van der Waals surface area contributed by atoms with E-state index in [-0.39, 0.29) is 24.0 Å². The van der Waals surface area contributed by atoms with E-state index in [1.807, 2.05) is 0 Å². The maximum Gasteiger partial charge on any atom is 0.257 e. The van der Waals surface area contributed by atoms with Gasteiger partial charge < -0.3 is 26.4 Å². The fourth-order valence-electron chi connectivity index (χ4n) is 2.01. The van der Waals surface area contributed by atoms with E-state index in [0.29, 0.717) is 27.1 Å². The molecule has 25 heavy (non-hydrogen) atoms. The summed E-state index contributed by atoms with van der Waals surface area (Å²) in [6.45, 7) is 0.178. The van der Waals surface area contributed by atoms with Crippen LogP contribution in [0.5, 0.6) is 0 Å². The van der Waals surface area contributed by atoms with Crippen LogP contribution < -0.4 is 21.5 Å². The average molecular weight is 358 g/mol. The fourth-order valence-corrected chi connectivity index (χ4v) is 2.70. The SMILES string of the molecule is NC(N)=Nc1nc(-c2ccc(CNC(=O)c3ccc[n+]([O-])c3)o2)cs1. The van der Waals surface area contributed by atoms with Crippen LogP contribution in [0.4, 0.5) is 5.13 Å². The molecule has 3 aromatic heterocycles. The van der Waals surface area contributed by atoms with Gasteiger partial charge in [-0.3, -0.25) is 4.79 Å². The Bertz CT molecular complexity index is 929. The van der Waals surface area contributed by atoms with Gasteiger partial charge >= 0.3 is 0 Å². The number of rotatable bonds is 5. The van der Waals surface area contributed by atoms with Crippen molar-refractivity contribution in [2.45, 2.75) is 6.54 Å². The van der Waals surface area contributed by atoms with E-state index in [4.69, 9.17) is 15.9 Å². The molecule has 0 fully saturated rings. The van der Waals surface area contributed by atoms with E-state index in [1.165, 1.54) is 29.8 Å². The van der Waals surface area contributed by atoms with Gasteiger partial charge in [-0.05, 0) is 18.2 Å². The van der Waals surface area contributed by atoms with E-state index in [0.717, 1.165) is 0 Å². The highest BCUT2D eigenvalue weighted by Crippen LogP contribution is 2.27. The first-order valence-corrected chi connectivity index (χ1v) is 8.00. The summed E-state index contributed by atoms with van der Waals surface area (Å²) in [5.41, 5.74) is 11.5. The molecule has 0 spiro atoms. The van der Waals surface area contributed by atoms with Crippen molar-refractivity contribution in [3.8, 4) is 11.5 Å². The number of nitrogens with zero attached hydrogens (tertiary/aromatic N) is 3. The molecule has 0 aromatic carbocycles. The van der Waals surface area contributed by atoms with Gasteiger partial charge in [0.1, 0.15) is 17.0 Å². The third kappa shape index (κ3) is 4.12. The summed E-state index contributed by atoms with van der Waals surface area (Å²) in [7, 11) is 0. The number of hydrogen-bond donors (Lipinski definition) is 3. The van der Waals surface area contributed by atoms with E-state index in [1.54, 1.807) is 23.6 Å². The number of aliphatic imine (C=N–C) groups is 1. The lowest BCUT2D eigenvalue weighted by Gasteiger charge is -2.03. The minimum atomic E-state index is -0.369. The Balaban J connectivity index is 1.65. The lowest BCUT2D eigenvalue weighted by Crippen LogP contribution is -2.29.